The van der Waals surface area contributed by atoms with Gasteiger partial charge in [0.05, 0.1) is 0 Å². The zero-order valence-corrected chi connectivity index (χ0v) is 5.80. The first kappa shape index (κ1) is 8.18. The molecule has 0 aromatic rings. The Kier molecular flexibility index (Phi) is 6.53. The molecular formula is C8H13N. The van der Waals surface area contributed by atoms with Gasteiger partial charge in [-0.2, -0.15) is 0 Å². The van der Waals surface area contributed by atoms with Crippen LogP contribution < -0.4 is 5.32 Å². The van der Waals surface area contributed by atoms with Crippen molar-refractivity contribution in [1.82, 2.24) is 5.32 Å². The predicted octanol–water partition coefficient (Wildman–Crippen LogP) is 1.50. The molecular weight excluding hydrogens is 110 g/mol. The molecule has 0 rings (SSSR count). The third kappa shape index (κ3) is 7.18. The van der Waals surface area contributed by atoms with Gasteiger partial charge in [-0.15, -0.1) is 0 Å². The van der Waals surface area contributed by atoms with Crippen molar-refractivity contribution in [3.05, 3.63) is 37.0 Å². The van der Waals surface area contributed by atoms with Crippen LogP contribution in [0.3, 0.4) is 0 Å². The van der Waals surface area contributed by atoms with Crippen molar-refractivity contribution in [2.45, 2.75) is 0 Å². The molecule has 0 aliphatic rings. The molecule has 9 heavy (non-hydrogen) atoms. The molecule has 0 radical (unpaired) electrons. The molecule has 0 amide bonds. The standard InChI is InChI=1S/C8H13N/c1-3-4-5-6-7-8-9-2/h3-7,9H,1,8H2,2H3/b5-4-,7-6-. The molecule has 0 atom stereocenters. The maximum Gasteiger partial charge on any atom is 0.0134 e. The van der Waals surface area contributed by atoms with E-state index >= 15 is 0 Å². The molecule has 0 fully saturated rings. The normalized spacial score (nSPS) is 11.2. The van der Waals surface area contributed by atoms with Crippen molar-refractivity contribution in [2.24, 2.45) is 0 Å². The van der Waals surface area contributed by atoms with Gasteiger partial charge >= 0.3 is 0 Å². The lowest BCUT2D eigenvalue weighted by molar-refractivity contribution is 0.920. The van der Waals surface area contributed by atoms with Crippen molar-refractivity contribution in [3.63, 3.8) is 0 Å². The number of allylic oxidation sites excluding steroid dienone is 4. The second-order valence-corrected chi connectivity index (χ2v) is 1.61. The fourth-order valence-corrected chi connectivity index (χ4v) is 0.407. The highest BCUT2D eigenvalue weighted by Gasteiger charge is 1.64. The Morgan fingerprint density at radius 2 is 2.11 bits per heavy atom. The third-order valence-electron chi connectivity index (χ3n) is 0.816. The molecule has 1 N–H and O–H groups in total. The molecule has 0 aliphatic carbocycles. The Balaban J connectivity index is 3.23. The van der Waals surface area contributed by atoms with E-state index in [-0.39, 0.29) is 0 Å². The zero-order chi connectivity index (χ0) is 6.95. The van der Waals surface area contributed by atoms with Gasteiger partial charge in [0.2, 0.25) is 0 Å². The number of hydrogen-bond donors (Lipinski definition) is 1. The number of hydrogen-bond acceptors (Lipinski definition) is 1. The first-order valence-corrected chi connectivity index (χ1v) is 3.00. The van der Waals surface area contributed by atoms with E-state index < -0.39 is 0 Å². The molecule has 0 saturated carbocycles. The lowest BCUT2D eigenvalue weighted by Gasteiger charge is -1.83. The summed E-state index contributed by atoms with van der Waals surface area (Å²) in [6.07, 6.45) is 9.62. The summed E-state index contributed by atoms with van der Waals surface area (Å²) in [6.45, 7) is 4.46. The van der Waals surface area contributed by atoms with E-state index in [4.69, 9.17) is 0 Å². The van der Waals surface area contributed by atoms with Gasteiger partial charge in [0.15, 0.2) is 0 Å². The minimum absolute atomic E-state index is 0.918. The fraction of sp³-hybridized carbons (Fsp3) is 0.250. The molecule has 1 nitrogen and oxygen atoms in total. The van der Waals surface area contributed by atoms with Crippen molar-refractivity contribution < 1.29 is 0 Å². The lowest BCUT2D eigenvalue weighted by atomic mass is 10.4. The van der Waals surface area contributed by atoms with Crippen LogP contribution in [0, 0.1) is 0 Å². The van der Waals surface area contributed by atoms with Gasteiger partial charge in [-0.1, -0.05) is 37.0 Å². The smallest absolute Gasteiger partial charge is 0.0134 e. The Hall–Kier alpha value is -0.820. The van der Waals surface area contributed by atoms with Gasteiger partial charge in [0.25, 0.3) is 0 Å². The first-order valence-electron chi connectivity index (χ1n) is 3.00. The highest BCUT2D eigenvalue weighted by atomic mass is 14.8. The van der Waals surface area contributed by atoms with Crippen molar-refractivity contribution in [1.29, 1.82) is 0 Å². The second-order valence-electron chi connectivity index (χ2n) is 1.61. The third-order valence-corrected chi connectivity index (χ3v) is 0.816. The van der Waals surface area contributed by atoms with Gasteiger partial charge < -0.3 is 5.32 Å². The molecule has 50 valence electrons. The van der Waals surface area contributed by atoms with Crippen LogP contribution in [0.15, 0.2) is 37.0 Å². The van der Waals surface area contributed by atoms with Crippen LogP contribution in [0.1, 0.15) is 0 Å². The summed E-state index contributed by atoms with van der Waals surface area (Å²) >= 11 is 0. The number of rotatable bonds is 4. The van der Waals surface area contributed by atoms with Crippen molar-refractivity contribution in [3.8, 4) is 0 Å². The lowest BCUT2D eigenvalue weighted by Crippen LogP contribution is -2.03. The van der Waals surface area contributed by atoms with Crippen molar-refractivity contribution >= 4 is 0 Å². The molecule has 0 bridgehead atoms. The minimum Gasteiger partial charge on any atom is -0.316 e. The maximum atomic E-state index is 3.54. The number of likely N-dealkylation sites (N-methyl/N-ethyl adjacent to an activating group) is 1. The summed E-state index contributed by atoms with van der Waals surface area (Å²) < 4.78 is 0. The van der Waals surface area contributed by atoms with Crippen LogP contribution in [0.2, 0.25) is 0 Å². The van der Waals surface area contributed by atoms with E-state index in [2.05, 4.69) is 11.9 Å². The first-order chi connectivity index (χ1) is 4.41. The van der Waals surface area contributed by atoms with E-state index in [0.717, 1.165) is 6.54 Å². The summed E-state index contributed by atoms with van der Waals surface area (Å²) in [7, 11) is 1.92. The summed E-state index contributed by atoms with van der Waals surface area (Å²) in [5.41, 5.74) is 0. The van der Waals surface area contributed by atoms with Gasteiger partial charge in [0, 0.05) is 6.54 Å². The van der Waals surface area contributed by atoms with E-state index in [9.17, 15) is 0 Å². The maximum absolute atomic E-state index is 3.54. The van der Waals surface area contributed by atoms with E-state index in [0.29, 0.717) is 0 Å². The van der Waals surface area contributed by atoms with Gasteiger partial charge in [-0.25, -0.2) is 0 Å². The van der Waals surface area contributed by atoms with Gasteiger partial charge in [-0.05, 0) is 7.05 Å². The Morgan fingerprint density at radius 3 is 2.67 bits per heavy atom. The monoisotopic (exact) mass is 123 g/mol. The summed E-state index contributed by atoms with van der Waals surface area (Å²) in [6, 6.07) is 0. The molecule has 0 aliphatic heterocycles. The van der Waals surface area contributed by atoms with Crippen LogP contribution in [0.5, 0.6) is 0 Å². The van der Waals surface area contributed by atoms with Crippen LogP contribution >= 0.6 is 0 Å². The Morgan fingerprint density at radius 1 is 1.33 bits per heavy atom. The van der Waals surface area contributed by atoms with Crippen molar-refractivity contribution in [2.75, 3.05) is 13.6 Å². The van der Waals surface area contributed by atoms with Crippen LogP contribution in [-0.2, 0) is 0 Å². The fourth-order valence-electron chi connectivity index (χ4n) is 0.407. The van der Waals surface area contributed by atoms with Gasteiger partial charge in [0.1, 0.15) is 0 Å². The van der Waals surface area contributed by atoms with Gasteiger partial charge in [-0.3, -0.25) is 0 Å². The van der Waals surface area contributed by atoms with E-state index in [1.54, 1.807) is 6.08 Å². The zero-order valence-electron chi connectivity index (χ0n) is 5.80. The summed E-state index contributed by atoms with van der Waals surface area (Å²) in [5.74, 6) is 0. The molecule has 1 heteroatoms. The predicted molar refractivity (Wildman–Crippen MR) is 42.4 cm³/mol. The second kappa shape index (κ2) is 7.18. The van der Waals surface area contributed by atoms with E-state index in [1.165, 1.54) is 0 Å². The molecule has 0 aromatic heterocycles. The van der Waals surface area contributed by atoms with Crippen LogP contribution in [0.4, 0.5) is 0 Å². The average molecular weight is 123 g/mol. The highest BCUT2D eigenvalue weighted by Crippen LogP contribution is 1.75. The minimum atomic E-state index is 0.918. The summed E-state index contributed by atoms with van der Waals surface area (Å²) in [5, 5.41) is 3.00. The topological polar surface area (TPSA) is 12.0 Å². The molecule has 0 spiro atoms. The SMILES string of the molecule is C=C/C=C\C=C/CNC. The number of nitrogens with one attached hydrogen (secondary N) is 1. The molecule has 0 aromatic carbocycles. The van der Waals surface area contributed by atoms with Crippen LogP contribution in [0.25, 0.3) is 0 Å². The Bertz CT molecular complexity index is 112. The van der Waals surface area contributed by atoms with E-state index in [1.807, 2.05) is 31.4 Å². The summed E-state index contributed by atoms with van der Waals surface area (Å²) in [4.78, 5) is 0. The average Bonchev–Trinajstić information content (AvgIpc) is 1.89. The highest BCUT2D eigenvalue weighted by molar-refractivity contribution is 5.08. The van der Waals surface area contributed by atoms with Crippen LogP contribution in [-0.4, -0.2) is 13.6 Å². The largest absolute Gasteiger partial charge is 0.316 e. The molecule has 0 saturated heterocycles. The molecule has 0 unspecified atom stereocenters. The Labute approximate surface area is 56.8 Å². The quantitative estimate of drug-likeness (QED) is 0.559. The molecule has 0 heterocycles.